The van der Waals surface area contributed by atoms with Crippen LogP contribution in [0.4, 0.5) is 5.69 Å². The van der Waals surface area contributed by atoms with Crippen molar-refractivity contribution < 1.29 is 4.79 Å². The first-order valence-electron chi connectivity index (χ1n) is 7.62. The van der Waals surface area contributed by atoms with Gasteiger partial charge in [0.05, 0.1) is 0 Å². The monoisotopic (exact) mass is 257 g/mol. The molecule has 19 heavy (non-hydrogen) atoms. The van der Waals surface area contributed by atoms with E-state index in [2.05, 4.69) is 17.0 Å². The van der Waals surface area contributed by atoms with E-state index in [0.29, 0.717) is 0 Å². The lowest BCUT2D eigenvalue weighted by Gasteiger charge is -2.45. The molecule has 1 aromatic rings. The van der Waals surface area contributed by atoms with Gasteiger partial charge in [0.25, 0.3) is 0 Å². The van der Waals surface area contributed by atoms with Crippen LogP contribution in [-0.4, -0.2) is 18.9 Å². The summed E-state index contributed by atoms with van der Waals surface area (Å²) in [5.74, 6) is 0.897. The smallest absolute Gasteiger partial charge is 0.150 e. The minimum atomic E-state index is 0.740. The van der Waals surface area contributed by atoms with Crippen LogP contribution in [-0.2, 0) is 0 Å². The zero-order valence-corrected chi connectivity index (χ0v) is 11.8. The summed E-state index contributed by atoms with van der Waals surface area (Å²) in [5.41, 5.74) is 3.24. The Labute approximate surface area is 115 Å². The third-order valence-corrected chi connectivity index (χ3v) is 4.96. The SMILES string of the molecule is Cc1cc(N2CCC[C@H]3CCCC[C@H]32)ccc1C=O. The summed E-state index contributed by atoms with van der Waals surface area (Å²) in [4.78, 5) is 13.5. The molecule has 0 unspecified atom stereocenters. The van der Waals surface area contributed by atoms with Gasteiger partial charge in [-0.2, -0.15) is 0 Å². The van der Waals surface area contributed by atoms with Gasteiger partial charge in [0.2, 0.25) is 0 Å². The van der Waals surface area contributed by atoms with E-state index in [1.165, 1.54) is 50.8 Å². The molecule has 0 radical (unpaired) electrons. The maximum atomic E-state index is 10.9. The van der Waals surface area contributed by atoms with Crippen LogP contribution in [0.1, 0.15) is 54.4 Å². The van der Waals surface area contributed by atoms with Gasteiger partial charge in [-0.3, -0.25) is 4.79 Å². The van der Waals surface area contributed by atoms with Crippen LogP contribution in [0.5, 0.6) is 0 Å². The number of rotatable bonds is 2. The molecule has 1 heterocycles. The summed E-state index contributed by atoms with van der Waals surface area (Å²) in [7, 11) is 0. The van der Waals surface area contributed by atoms with E-state index in [9.17, 15) is 4.79 Å². The van der Waals surface area contributed by atoms with Crippen molar-refractivity contribution in [1.82, 2.24) is 0 Å². The van der Waals surface area contributed by atoms with Crippen LogP contribution in [0.25, 0.3) is 0 Å². The molecule has 0 amide bonds. The van der Waals surface area contributed by atoms with E-state index in [-0.39, 0.29) is 0 Å². The number of carbonyl (C=O) groups excluding carboxylic acids is 1. The van der Waals surface area contributed by atoms with Crippen molar-refractivity contribution in [1.29, 1.82) is 0 Å². The molecule has 2 atom stereocenters. The highest BCUT2D eigenvalue weighted by atomic mass is 16.1. The number of anilines is 1. The highest BCUT2D eigenvalue weighted by Crippen LogP contribution is 2.38. The van der Waals surface area contributed by atoms with Gasteiger partial charge in [0.15, 0.2) is 0 Å². The van der Waals surface area contributed by atoms with Crippen LogP contribution < -0.4 is 4.90 Å². The molecule has 1 aliphatic heterocycles. The summed E-state index contributed by atoms with van der Waals surface area (Å²) in [6, 6.07) is 7.04. The third-order valence-electron chi connectivity index (χ3n) is 4.96. The molecule has 0 aromatic heterocycles. The average molecular weight is 257 g/mol. The van der Waals surface area contributed by atoms with Crippen LogP contribution in [0.15, 0.2) is 18.2 Å². The molecular weight excluding hydrogens is 234 g/mol. The molecule has 1 aliphatic carbocycles. The molecule has 2 heteroatoms. The van der Waals surface area contributed by atoms with Crippen LogP contribution in [0.3, 0.4) is 0 Å². The first-order chi connectivity index (χ1) is 9.29. The minimum absolute atomic E-state index is 0.740. The van der Waals surface area contributed by atoms with E-state index in [0.717, 1.165) is 29.4 Å². The maximum Gasteiger partial charge on any atom is 0.150 e. The molecule has 2 nitrogen and oxygen atoms in total. The Kier molecular flexibility index (Phi) is 3.58. The van der Waals surface area contributed by atoms with E-state index in [4.69, 9.17) is 0 Å². The number of nitrogens with zero attached hydrogens (tertiary/aromatic N) is 1. The Balaban J connectivity index is 1.87. The number of aryl methyl sites for hydroxylation is 1. The van der Waals surface area contributed by atoms with Gasteiger partial charge < -0.3 is 4.90 Å². The molecule has 0 spiro atoms. The zero-order valence-electron chi connectivity index (χ0n) is 11.8. The van der Waals surface area contributed by atoms with Crippen LogP contribution in [0.2, 0.25) is 0 Å². The largest absolute Gasteiger partial charge is 0.368 e. The van der Waals surface area contributed by atoms with Gasteiger partial charge in [-0.05, 0) is 62.3 Å². The fourth-order valence-corrected chi connectivity index (χ4v) is 3.92. The molecule has 1 aromatic carbocycles. The summed E-state index contributed by atoms with van der Waals surface area (Å²) >= 11 is 0. The number of hydrogen-bond donors (Lipinski definition) is 0. The van der Waals surface area contributed by atoms with Gasteiger partial charge in [0.1, 0.15) is 6.29 Å². The molecule has 0 N–H and O–H groups in total. The molecule has 2 fully saturated rings. The number of piperidine rings is 1. The Bertz CT molecular complexity index is 466. The zero-order chi connectivity index (χ0) is 13.2. The normalized spacial score (nSPS) is 26.9. The third kappa shape index (κ3) is 2.41. The maximum absolute atomic E-state index is 10.9. The van der Waals surface area contributed by atoms with Gasteiger partial charge in [-0.1, -0.05) is 12.8 Å². The second-order valence-corrected chi connectivity index (χ2v) is 6.11. The highest BCUT2D eigenvalue weighted by molar-refractivity contribution is 5.78. The number of aldehydes is 1. The number of fused-ring (bicyclic) bond motifs is 1. The lowest BCUT2D eigenvalue weighted by molar-refractivity contribution is 0.112. The Morgan fingerprint density at radius 3 is 2.74 bits per heavy atom. The van der Waals surface area contributed by atoms with Gasteiger partial charge in [0, 0.05) is 23.8 Å². The number of carbonyl (C=O) groups is 1. The first-order valence-corrected chi connectivity index (χ1v) is 7.62. The number of benzene rings is 1. The van der Waals surface area contributed by atoms with Crippen molar-refractivity contribution in [2.45, 2.75) is 51.5 Å². The quantitative estimate of drug-likeness (QED) is 0.747. The molecule has 3 rings (SSSR count). The summed E-state index contributed by atoms with van der Waals surface area (Å²) in [6.07, 6.45) is 9.23. The second-order valence-electron chi connectivity index (χ2n) is 6.11. The molecule has 1 saturated heterocycles. The van der Waals surface area contributed by atoms with Crippen molar-refractivity contribution in [2.75, 3.05) is 11.4 Å². The first kappa shape index (κ1) is 12.7. The van der Waals surface area contributed by atoms with E-state index in [1.54, 1.807) is 0 Å². The minimum Gasteiger partial charge on any atom is -0.368 e. The predicted octanol–water partition coefficient (Wildman–Crippen LogP) is 3.97. The highest BCUT2D eigenvalue weighted by Gasteiger charge is 2.33. The standard InChI is InChI=1S/C17H23NO/c1-13-11-16(9-8-15(13)12-19)18-10-4-6-14-5-2-3-7-17(14)18/h8-9,11-12,14,17H,2-7,10H2,1H3/t14-,17-/m1/s1. The van der Waals surface area contributed by atoms with Gasteiger partial charge >= 0.3 is 0 Å². The van der Waals surface area contributed by atoms with Gasteiger partial charge in [-0.15, -0.1) is 0 Å². The Morgan fingerprint density at radius 1 is 1.16 bits per heavy atom. The molecule has 0 bridgehead atoms. The van der Waals surface area contributed by atoms with E-state index < -0.39 is 0 Å². The number of hydrogen-bond acceptors (Lipinski definition) is 2. The fraction of sp³-hybridized carbons (Fsp3) is 0.588. The fourth-order valence-electron chi connectivity index (χ4n) is 3.92. The second kappa shape index (κ2) is 5.36. The topological polar surface area (TPSA) is 20.3 Å². The average Bonchev–Trinajstić information content (AvgIpc) is 2.46. The Morgan fingerprint density at radius 2 is 1.95 bits per heavy atom. The molecule has 1 saturated carbocycles. The van der Waals surface area contributed by atoms with Crippen LogP contribution in [0, 0.1) is 12.8 Å². The van der Waals surface area contributed by atoms with Crippen molar-refractivity contribution >= 4 is 12.0 Å². The van der Waals surface area contributed by atoms with Crippen molar-refractivity contribution in [3.8, 4) is 0 Å². The van der Waals surface area contributed by atoms with Crippen molar-refractivity contribution in [2.24, 2.45) is 5.92 Å². The van der Waals surface area contributed by atoms with Crippen molar-refractivity contribution in [3.05, 3.63) is 29.3 Å². The molecule has 102 valence electrons. The molecular formula is C17H23NO. The summed E-state index contributed by atoms with van der Waals surface area (Å²) < 4.78 is 0. The van der Waals surface area contributed by atoms with Crippen LogP contribution >= 0.6 is 0 Å². The summed E-state index contributed by atoms with van der Waals surface area (Å²) in [6.45, 7) is 3.22. The van der Waals surface area contributed by atoms with Crippen molar-refractivity contribution in [3.63, 3.8) is 0 Å². The lowest BCUT2D eigenvalue weighted by atomic mass is 9.78. The predicted molar refractivity (Wildman–Crippen MR) is 78.9 cm³/mol. The lowest BCUT2D eigenvalue weighted by Crippen LogP contribution is -2.46. The van der Waals surface area contributed by atoms with E-state index in [1.807, 2.05) is 13.0 Å². The van der Waals surface area contributed by atoms with Gasteiger partial charge in [-0.25, -0.2) is 0 Å². The molecule has 2 aliphatic rings. The van der Waals surface area contributed by atoms with E-state index >= 15 is 0 Å². The summed E-state index contributed by atoms with van der Waals surface area (Å²) in [5, 5.41) is 0. The Hall–Kier alpha value is -1.31.